The summed E-state index contributed by atoms with van der Waals surface area (Å²) in [6, 6.07) is 11.8. The summed E-state index contributed by atoms with van der Waals surface area (Å²) < 4.78 is 25.8. The van der Waals surface area contributed by atoms with E-state index in [-0.39, 0.29) is 23.7 Å². The normalized spacial score (nSPS) is 20.5. The number of hydrogen-bond donors (Lipinski definition) is 1. The third-order valence-electron chi connectivity index (χ3n) is 6.60. The molecule has 0 aliphatic carbocycles. The number of nitrogens with one attached hydrogen (secondary N) is 1. The number of benzene rings is 2. The van der Waals surface area contributed by atoms with Crippen molar-refractivity contribution in [2.75, 3.05) is 19.7 Å². The number of hydrogen-bond acceptors (Lipinski definition) is 4. The second-order valence-electron chi connectivity index (χ2n) is 8.90. The minimum atomic E-state index is -0.635. The van der Waals surface area contributed by atoms with Crippen LogP contribution in [0.15, 0.2) is 42.5 Å². The van der Waals surface area contributed by atoms with Crippen molar-refractivity contribution in [1.29, 1.82) is 0 Å². The lowest BCUT2D eigenvalue weighted by molar-refractivity contribution is -0.133. The Morgan fingerprint density at radius 3 is 2.79 bits per heavy atom. The van der Waals surface area contributed by atoms with Crippen LogP contribution >= 0.6 is 0 Å². The van der Waals surface area contributed by atoms with Gasteiger partial charge in [-0.25, -0.2) is 4.39 Å². The molecule has 0 saturated carbocycles. The van der Waals surface area contributed by atoms with Crippen LogP contribution in [0, 0.1) is 5.82 Å². The van der Waals surface area contributed by atoms with E-state index < -0.39 is 12.1 Å². The number of carbonyl (C=O) groups excluding carboxylic acids is 2. The molecule has 2 aliphatic heterocycles. The molecule has 34 heavy (non-hydrogen) atoms. The third-order valence-corrected chi connectivity index (χ3v) is 6.60. The summed E-state index contributed by atoms with van der Waals surface area (Å²) in [4.78, 5) is 27.3. The number of ether oxygens (including phenoxy) is 2. The van der Waals surface area contributed by atoms with Gasteiger partial charge in [0, 0.05) is 26.1 Å². The fourth-order valence-corrected chi connectivity index (χ4v) is 4.79. The molecule has 7 heteroatoms. The Balaban J connectivity index is 1.57. The molecule has 2 amide bonds. The molecule has 6 nitrogen and oxygen atoms in total. The first-order chi connectivity index (χ1) is 16.5. The molecule has 0 spiro atoms. The van der Waals surface area contributed by atoms with Gasteiger partial charge in [0.25, 0.3) is 5.91 Å². The van der Waals surface area contributed by atoms with Crippen LogP contribution in [0.25, 0.3) is 0 Å². The molecule has 1 N–H and O–H groups in total. The average Bonchev–Trinajstić information content (AvgIpc) is 3.38. The predicted molar refractivity (Wildman–Crippen MR) is 127 cm³/mol. The van der Waals surface area contributed by atoms with E-state index in [0.29, 0.717) is 38.1 Å². The highest BCUT2D eigenvalue weighted by Gasteiger charge is 2.32. The second-order valence-corrected chi connectivity index (χ2v) is 8.90. The molecule has 1 fully saturated rings. The molecule has 0 unspecified atom stereocenters. The first kappa shape index (κ1) is 24.2. The van der Waals surface area contributed by atoms with E-state index in [4.69, 9.17) is 9.47 Å². The van der Waals surface area contributed by atoms with Crippen LogP contribution in [0.1, 0.15) is 62.3 Å². The van der Waals surface area contributed by atoms with E-state index in [1.807, 2.05) is 43.0 Å². The Hall–Kier alpha value is -2.93. The number of halogens is 1. The zero-order chi connectivity index (χ0) is 24.1. The molecule has 4 rings (SSSR count). The lowest BCUT2D eigenvalue weighted by Gasteiger charge is -2.38. The second kappa shape index (κ2) is 11.0. The Morgan fingerprint density at radius 2 is 2.09 bits per heavy atom. The van der Waals surface area contributed by atoms with Gasteiger partial charge >= 0.3 is 0 Å². The quantitative estimate of drug-likeness (QED) is 0.632. The van der Waals surface area contributed by atoms with Crippen LogP contribution < -0.4 is 10.1 Å². The van der Waals surface area contributed by atoms with Gasteiger partial charge in [-0.15, -0.1) is 0 Å². The first-order valence-electron chi connectivity index (χ1n) is 12.2. The van der Waals surface area contributed by atoms with Gasteiger partial charge in [-0.3, -0.25) is 9.59 Å². The molecular weight excluding hydrogens is 435 g/mol. The summed E-state index contributed by atoms with van der Waals surface area (Å²) in [7, 11) is 0. The largest absolute Gasteiger partial charge is 0.481 e. The minimum Gasteiger partial charge on any atom is -0.481 e. The summed E-state index contributed by atoms with van der Waals surface area (Å²) in [6.45, 7) is 5.54. The maximum atomic E-state index is 14.1. The molecule has 0 radical (unpaired) electrons. The topological polar surface area (TPSA) is 67.9 Å². The molecule has 2 aromatic rings. The molecule has 182 valence electrons. The van der Waals surface area contributed by atoms with Gasteiger partial charge in [-0.1, -0.05) is 32.0 Å². The summed E-state index contributed by atoms with van der Waals surface area (Å²) >= 11 is 0. The van der Waals surface area contributed by atoms with E-state index in [9.17, 15) is 14.0 Å². The minimum absolute atomic E-state index is 0.0196. The van der Waals surface area contributed by atoms with Crippen molar-refractivity contribution in [2.45, 2.75) is 64.2 Å². The first-order valence-corrected chi connectivity index (χ1v) is 12.2. The lowest BCUT2D eigenvalue weighted by Crippen LogP contribution is -2.41. The SMILES string of the molecule is CCC(=O)N1CCc2ccc(O[C@H](CC)C(=O)NC[C@@H]3CCCO3)cc2[C@@H]1c1cccc(F)c1. The van der Waals surface area contributed by atoms with Gasteiger partial charge < -0.3 is 19.7 Å². The maximum Gasteiger partial charge on any atom is 0.261 e. The van der Waals surface area contributed by atoms with Crippen LogP contribution in [0.2, 0.25) is 0 Å². The van der Waals surface area contributed by atoms with Crippen molar-refractivity contribution in [2.24, 2.45) is 0 Å². The molecule has 1 saturated heterocycles. The Labute approximate surface area is 200 Å². The van der Waals surface area contributed by atoms with E-state index >= 15 is 0 Å². The fraction of sp³-hybridized carbons (Fsp3) is 0.481. The lowest BCUT2D eigenvalue weighted by atomic mass is 9.87. The third kappa shape index (κ3) is 5.41. The van der Waals surface area contributed by atoms with Crippen molar-refractivity contribution in [3.05, 3.63) is 65.0 Å². The number of nitrogens with zero attached hydrogens (tertiary/aromatic N) is 1. The summed E-state index contributed by atoms with van der Waals surface area (Å²) in [5.41, 5.74) is 2.73. The van der Waals surface area contributed by atoms with Crippen LogP contribution in [-0.4, -0.2) is 48.6 Å². The van der Waals surface area contributed by atoms with Crippen molar-refractivity contribution in [3.63, 3.8) is 0 Å². The Kier molecular flexibility index (Phi) is 7.83. The molecule has 0 bridgehead atoms. The van der Waals surface area contributed by atoms with Crippen LogP contribution in [0.3, 0.4) is 0 Å². The zero-order valence-electron chi connectivity index (χ0n) is 19.9. The fourth-order valence-electron chi connectivity index (χ4n) is 4.79. The number of amides is 2. The summed E-state index contributed by atoms with van der Waals surface area (Å²) in [6.07, 6.45) is 3.02. The number of fused-ring (bicyclic) bond motifs is 1. The highest BCUT2D eigenvalue weighted by Crippen LogP contribution is 2.38. The van der Waals surface area contributed by atoms with Crippen LogP contribution in [0.4, 0.5) is 4.39 Å². The van der Waals surface area contributed by atoms with Crippen LogP contribution in [-0.2, 0) is 20.7 Å². The van der Waals surface area contributed by atoms with Gasteiger partial charge in [0.05, 0.1) is 12.1 Å². The molecule has 2 aliphatic rings. The predicted octanol–water partition coefficient (Wildman–Crippen LogP) is 4.16. The summed E-state index contributed by atoms with van der Waals surface area (Å²) in [5.74, 6) is 0.0753. The Morgan fingerprint density at radius 1 is 1.24 bits per heavy atom. The average molecular weight is 469 g/mol. The smallest absolute Gasteiger partial charge is 0.261 e. The van der Waals surface area contributed by atoms with Crippen molar-refractivity contribution < 1.29 is 23.5 Å². The molecular formula is C27H33FN2O4. The van der Waals surface area contributed by atoms with E-state index in [1.54, 1.807) is 6.07 Å². The van der Waals surface area contributed by atoms with E-state index in [0.717, 1.165) is 36.1 Å². The molecule has 0 aromatic heterocycles. The zero-order valence-corrected chi connectivity index (χ0v) is 19.9. The molecule has 2 aromatic carbocycles. The molecule has 2 heterocycles. The molecule has 3 atom stereocenters. The van der Waals surface area contributed by atoms with Gasteiger partial charge in [-0.05, 0) is 66.6 Å². The maximum absolute atomic E-state index is 14.1. The van der Waals surface area contributed by atoms with Crippen molar-refractivity contribution in [3.8, 4) is 5.75 Å². The van der Waals surface area contributed by atoms with Gasteiger partial charge in [-0.2, -0.15) is 0 Å². The van der Waals surface area contributed by atoms with E-state index in [2.05, 4.69) is 5.32 Å². The van der Waals surface area contributed by atoms with Gasteiger partial charge in [0.1, 0.15) is 11.6 Å². The highest BCUT2D eigenvalue weighted by atomic mass is 19.1. The van der Waals surface area contributed by atoms with Crippen molar-refractivity contribution in [1.82, 2.24) is 10.2 Å². The van der Waals surface area contributed by atoms with Gasteiger partial charge in [0.15, 0.2) is 6.10 Å². The summed E-state index contributed by atoms with van der Waals surface area (Å²) in [5, 5.41) is 2.95. The van der Waals surface area contributed by atoms with Gasteiger partial charge in [0.2, 0.25) is 5.91 Å². The standard InChI is InChI=1S/C27H33FN2O4/c1-3-24(27(32)29-17-22-9-6-14-33-22)34-21-11-10-18-12-13-30(25(31)4-2)26(23(18)16-21)19-7-5-8-20(28)15-19/h5,7-8,10-11,15-16,22,24,26H,3-4,6,9,12-14,17H2,1-2H3,(H,29,32)/t22-,24+,26-/m0/s1. The number of rotatable bonds is 8. The monoisotopic (exact) mass is 468 g/mol. The highest BCUT2D eigenvalue weighted by molar-refractivity contribution is 5.81. The van der Waals surface area contributed by atoms with Crippen LogP contribution in [0.5, 0.6) is 5.75 Å². The van der Waals surface area contributed by atoms with E-state index in [1.165, 1.54) is 12.1 Å². The van der Waals surface area contributed by atoms with Crippen molar-refractivity contribution >= 4 is 11.8 Å². The Bertz CT molecular complexity index is 1020. The number of carbonyl (C=O) groups is 2.